The molecule has 2 aromatic carbocycles. The van der Waals surface area contributed by atoms with Crippen LogP contribution in [0.3, 0.4) is 0 Å². The molecule has 1 unspecified atom stereocenters. The van der Waals surface area contributed by atoms with Crippen LogP contribution in [0.15, 0.2) is 73.3 Å². The summed E-state index contributed by atoms with van der Waals surface area (Å²) in [4.78, 5) is 11.9. The predicted molar refractivity (Wildman–Crippen MR) is 98.6 cm³/mol. The van der Waals surface area contributed by atoms with Gasteiger partial charge in [-0.15, -0.1) is 6.58 Å². The Hall–Kier alpha value is -3.02. The molecule has 1 N–H and O–H groups in total. The van der Waals surface area contributed by atoms with E-state index in [0.717, 1.165) is 17.7 Å². The van der Waals surface area contributed by atoms with Gasteiger partial charge in [-0.1, -0.05) is 48.5 Å². The Morgan fingerprint density at radius 2 is 1.78 bits per heavy atom. The minimum absolute atomic E-state index is 0.237. The van der Waals surface area contributed by atoms with Crippen LogP contribution in [0, 0.1) is 0 Å². The summed E-state index contributed by atoms with van der Waals surface area (Å²) in [6.07, 6.45) is -1.52. The molecule has 0 bridgehead atoms. The van der Waals surface area contributed by atoms with Crippen molar-refractivity contribution in [3.05, 3.63) is 90.0 Å². The Labute approximate surface area is 156 Å². The van der Waals surface area contributed by atoms with Gasteiger partial charge in [0.25, 0.3) is 0 Å². The maximum atomic E-state index is 12.8. The smallest absolute Gasteiger partial charge is 0.416 e. The van der Waals surface area contributed by atoms with Crippen LogP contribution in [0.2, 0.25) is 0 Å². The summed E-state index contributed by atoms with van der Waals surface area (Å²) in [6, 6.07) is 13.4. The minimum Gasteiger partial charge on any atom is -0.463 e. The summed E-state index contributed by atoms with van der Waals surface area (Å²) >= 11 is 0. The first kappa shape index (κ1) is 20.3. The molecule has 0 aliphatic heterocycles. The molecule has 2 rings (SSSR count). The van der Waals surface area contributed by atoms with Gasteiger partial charge in [0.2, 0.25) is 0 Å². The van der Waals surface area contributed by atoms with Gasteiger partial charge in [-0.25, -0.2) is 4.79 Å². The molecule has 6 heteroatoms. The van der Waals surface area contributed by atoms with Crippen LogP contribution >= 0.6 is 0 Å². The van der Waals surface area contributed by atoms with Gasteiger partial charge in [0, 0.05) is 11.8 Å². The number of esters is 1. The van der Waals surface area contributed by atoms with Crippen molar-refractivity contribution in [2.24, 2.45) is 0 Å². The van der Waals surface area contributed by atoms with E-state index in [1.807, 2.05) is 30.3 Å². The number of halogens is 3. The highest BCUT2D eigenvalue weighted by atomic mass is 19.4. The van der Waals surface area contributed by atoms with Crippen molar-refractivity contribution in [2.75, 3.05) is 6.61 Å². The normalized spacial score (nSPS) is 13.0. The molecule has 3 nitrogen and oxygen atoms in total. The largest absolute Gasteiger partial charge is 0.463 e. The number of carbonyl (C=O) groups is 1. The van der Waals surface area contributed by atoms with Crippen LogP contribution in [-0.2, 0) is 15.7 Å². The van der Waals surface area contributed by atoms with Crippen molar-refractivity contribution in [3.63, 3.8) is 0 Å². The summed E-state index contributed by atoms with van der Waals surface area (Å²) in [6.45, 7) is 5.68. The van der Waals surface area contributed by atoms with Crippen LogP contribution in [0.1, 0.15) is 29.7 Å². The first-order valence-electron chi connectivity index (χ1n) is 8.35. The van der Waals surface area contributed by atoms with Gasteiger partial charge in [-0.3, -0.25) is 0 Å². The second kappa shape index (κ2) is 9.07. The molecule has 142 valence electrons. The van der Waals surface area contributed by atoms with Crippen LogP contribution in [0.5, 0.6) is 0 Å². The average molecular weight is 375 g/mol. The molecule has 27 heavy (non-hydrogen) atoms. The van der Waals surface area contributed by atoms with E-state index in [-0.39, 0.29) is 6.61 Å². The second-order valence-electron chi connectivity index (χ2n) is 5.65. The third-order valence-corrected chi connectivity index (χ3v) is 3.78. The topological polar surface area (TPSA) is 38.3 Å². The quantitative estimate of drug-likeness (QED) is 0.414. The highest BCUT2D eigenvalue weighted by Gasteiger charge is 2.30. The monoisotopic (exact) mass is 375 g/mol. The summed E-state index contributed by atoms with van der Waals surface area (Å²) in [5.41, 5.74) is 1.09. The zero-order valence-corrected chi connectivity index (χ0v) is 14.8. The SMILES string of the molecule is C=CC(N/C(=C\C(=O)OCC)c1ccccc1)c1ccc(C(F)(F)F)cc1. The second-order valence-corrected chi connectivity index (χ2v) is 5.65. The molecule has 1 atom stereocenters. The zero-order chi connectivity index (χ0) is 19.9. The molecule has 0 heterocycles. The third-order valence-electron chi connectivity index (χ3n) is 3.78. The fraction of sp³-hybridized carbons (Fsp3) is 0.190. The van der Waals surface area contributed by atoms with Crippen molar-refractivity contribution in [1.29, 1.82) is 0 Å². The fourth-order valence-electron chi connectivity index (χ4n) is 2.45. The van der Waals surface area contributed by atoms with E-state index in [1.54, 1.807) is 13.0 Å². The van der Waals surface area contributed by atoms with E-state index >= 15 is 0 Å². The molecular weight excluding hydrogens is 355 g/mol. The molecule has 0 saturated heterocycles. The summed E-state index contributed by atoms with van der Waals surface area (Å²) in [5, 5.41) is 3.14. The van der Waals surface area contributed by atoms with Gasteiger partial charge in [-0.05, 0) is 30.2 Å². The number of hydrogen-bond acceptors (Lipinski definition) is 3. The average Bonchev–Trinajstić information content (AvgIpc) is 2.65. The van der Waals surface area contributed by atoms with Crippen LogP contribution in [0.25, 0.3) is 5.70 Å². The third kappa shape index (κ3) is 5.74. The zero-order valence-electron chi connectivity index (χ0n) is 14.8. The first-order valence-corrected chi connectivity index (χ1v) is 8.35. The Bertz CT molecular complexity index is 796. The molecule has 0 amide bonds. The molecule has 0 radical (unpaired) electrons. The lowest BCUT2D eigenvalue weighted by Gasteiger charge is -2.20. The molecule has 2 aromatic rings. The number of hydrogen-bond donors (Lipinski definition) is 1. The highest BCUT2D eigenvalue weighted by molar-refractivity contribution is 5.91. The van der Waals surface area contributed by atoms with Gasteiger partial charge in [0.15, 0.2) is 0 Å². The van der Waals surface area contributed by atoms with E-state index in [2.05, 4.69) is 11.9 Å². The maximum absolute atomic E-state index is 12.8. The number of nitrogens with one attached hydrogen (secondary N) is 1. The lowest BCUT2D eigenvalue weighted by Crippen LogP contribution is -2.20. The van der Waals surface area contributed by atoms with Crippen molar-refractivity contribution in [1.82, 2.24) is 5.32 Å². The van der Waals surface area contributed by atoms with Crippen molar-refractivity contribution >= 4 is 11.7 Å². The van der Waals surface area contributed by atoms with Crippen molar-refractivity contribution in [2.45, 2.75) is 19.1 Å². The number of rotatable bonds is 7. The number of benzene rings is 2. The fourth-order valence-corrected chi connectivity index (χ4v) is 2.45. The predicted octanol–water partition coefficient (Wildman–Crippen LogP) is 5.13. The standard InChI is InChI=1S/C21H20F3NO2/c1-3-18(16-10-12-17(13-11-16)21(22,23)24)25-19(14-20(26)27-4-2)15-8-6-5-7-9-15/h3,5-14,18,25H,1,4H2,2H3/b19-14-. The molecular formula is C21H20F3NO2. The Kier molecular flexibility index (Phi) is 6.82. The van der Waals surface area contributed by atoms with E-state index in [1.165, 1.54) is 18.2 Å². The van der Waals surface area contributed by atoms with Crippen molar-refractivity contribution in [3.8, 4) is 0 Å². The lowest BCUT2D eigenvalue weighted by molar-refractivity contribution is -0.138. The van der Waals surface area contributed by atoms with E-state index in [0.29, 0.717) is 11.3 Å². The summed E-state index contributed by atoms with van der Waals surface area (Å²) in [7, 11) is 0. The van der Waals surface area contributed by atoms with E-state index in [4.69, 9.17) is 4.74 Å². The van der Waals surface area contributed by atoms with Gasteiger partial charge in [-0.2, -0.15) is 13.2 Å². The molecule has 0 saturated carbocycles. The van der Waals surface area contributed by atoms with Gasteiger partial charge < -0.3 is 10.1 Å². The molecule has 0 aliphatic rings. The molecule has 0 fully saturated rings. The van der Waals surface area contributed by atoms with Gasteiger partial charge in [0.05, 0.1) is 18.2 Å². The Morgan fingerprint density at radius 3 is 2.30 bits per heavy atom. The maximum Gasteiger partial charge on any atom is 0.416 e. The van der Waals surface area contributed by atoms with Crippen LogP contribution in [0.4, 0.5) is 13.2 Å². The summed E-state index contributed by atoms with van der Waals surface area (Å²) in [5.74, 6) is -0.515. The molecule has 0 aliphatic carbocycles. The van der Waals surface area contributed by atoms with Gasteiger partial charge >= 0.3 is 12.1 Å². The van der Waals surface area contributed by atoms with E-state index in [9.17, 15) is 18.0 Å². The number of alkyl halides is 3. The van der Waals surface area contributed by atoms with Crippen LogP contribution < -0.4 is 5.32 Å². The van der Waals surface area contributed by atoms with Gasteiger partial charge in [0.1, 0.15) is 0 Å². The van der Waals surface area contributed by atoms with Crippen LogP contribution in [-0.4, -0.2) is 12.6 Å². The first-order chi connectivity index (χ1) is 12.8. The number of ether oxygens (including phenoxy) is 1. The van der Waals surface area contributed by atoms with E-state index < -0.39 is 23.8 Å². The lowest BCUT2D eigenvalue weighted by atomic mass is 10.0. The Balaban J connectivity index is 2.31. The Morgan fingerprint density at radius 1 is 1.15 bits per heavy atom. The summed E-state index contributed by atoms with van der Waals surface area (Å²) < 4.78 is 43.2. The molecule has 0 aromatic heterocycles. The highest BCUT2D eigenvalue weighted by Crippen LogP contribution is 2.30. The number of carbonyl (C=O) groups excluding carboxylic acids is 1. The molecule has 0 spiro atoms. The van der Waals surface area contributed by atoms with Crippen molar-refractivity contribution < 1.29 is 22.7 Å². The minimum atomic E-state index is -4.39.